The van der Waals surface area contributed by atoms with Gasteiger partial charge in [-0.05, 0) is 65.1 Å². The lowest BCUT2D eigenvalue weighted by atomic mass is 9.91. The van der Waals surface area contributed by atoms with Gasteiger partial charge in [-0.1, -0.05) is 18.2 Å². The van der Waals surface area contributed by atoms with E-state index in [1.165, 1.54) is 12.1 Å². The SMILES string of the molecule is N#Cc1ccc(-c2cc(C(=O)N3CC[C@H](N)C3)ccc2-c2ccc3c(c2)OCCO3)cc1F. The van der Waals surface area contributed by atoms with Crippen LogP contribution in [0.2, 0.25) is 0 Å². The zero-order valence-electron chi connectivity index (χ0n) is 17.9. The van der Waals surface area contributed by atoms with E-state index in [4.69, 9.17) is 20.5 Å². The Morgan fingerprint density at radius 2 is 1.76 bits per heavy atom. The Morgan fingerprint density at radius 3 is 2.48 bits per heavy atom. The minimum Gasteiger partial charge on any atom is -0.486 e. The van der Waals surface area contributed by atoms with Crippen molar-refractivity contribution in [3.8, 4) is 39.8 Å². The van der Waals surface area contributed by atoms with Crippen molar-refractivity contribution in [2.24, 2.45) is 5.73 Å². The van der Waals surface area contributed by atoms with Crippen molar-refractivity contribution in [2.75, 3.05) is 26.3 Å². The second-order valence-electron chi connectivity index (χ2n) is 8.23. The van der Waals surface area contributed by atoms with Crippen LogP contribution >= 0.6 is 0 Å². The third kappa shape index (κ3) is 4.01. The van der Waals surface area contributed by atoms with E-state index < -0.39 is 5.82 Å². The van der Waals surface area contributed by atoms with E-state index in [9.17, 15) is 9.18 Å². The molecule has 33 heavy (non-hydrogen) atoms. The summed E-state index contributed by atoms with van der Waals surface area (Å²) < 4.78 is 25.8. The highest BCUT2D eigenvalue weighted by molar-refractivity contribution is 5.98. The van der Waals surface area contributed by atoms with Crippen LogP contribution in [0.25, 0.3) is 22.3 Å². The number of nitrogens with two attached hydrogens (primary N) is 1. The van der Waals surface area contributed by atoms with E-state index in [-0.39, 0.29) is 17.5 Å². The average Bonchev–Trinajstić information content (AvgIpc) is 3.29. The lowest BCUT2D eigenvalue weighted by molar-refractivity contribution is 0.0791. The van der Waals surface area contributed by atoms with Crippen LogP contribution in [0.3, 0.4) is 0 Å². The minimum absolute atomic E-state index is 0.0157. The molecule has 0 aliphatic carbocycles. The molecule has 0 aromatic heterocycles. The number of amides is 1. The summed E-state index contributed by atoms with van der Waals surface area (Å²) in [5.41, 5.74) is 9.37. The van der Waals surface area contributed by atoms with Gasteiger partial charge in [0.25, 0.3) is 5.91 Å². The first kappa shape index (κ1) is 21.0. The maximum atomic E-state index is 14.5. The molecule has 0 bridgehead atoms. The van der Waals surface area contributed by atoms with E-state index in [1.54, 1.807) is 23.1 Å². The molecule has 1 atom stereocenters. The number of carbonyl (C=O) groups excluding carboxylic acids is 1. The molecule has 1 amide bonds. The van der Waals surface area contributed by atoms with Gasteiger partial charge in [-0.15, -0.1) is 0 Å². The van der Waals surface area contributed by atoms with Gasteiger partial charge < -0.3 is 20.1 Å². The molecule has 0 radical (unpaired) electrons. The molecule has 3 aromatic rings. The molecule has 0 spiro atoms. The van der Waals surface area contributed by atoms with E-state index in [0.717, 1.165) is 17.5 Å². The number of nitriles is 1. The lowest BCUT2D eigenvalue weighted by Gasteiger charge is -2.20. The summed E-state index contributed by atoms with van der Waals surface area (Å²) in [6.45, 7) is 2.10. The summed E-state index contributed by atoms with van der Waals surface area (Å²) in [4.78, 5) is 14.8. The number of rotatable bonds is 3. The van der Waals surface area contributed by atoms with Gasteiger partial charge in [-0.25, -0.2) is 4.39 Å². The van der Waals surface area contributed by atoms with Gasteiger partial charge in [-0.3, -0.25) is 4.79 Å². The molecule has 2 N–H and O–H groups in total. The van der Waals surface area contributed by atoms with Crippen molar-refractivity contribution in [1.29, 1.82) is 5.26 Å². The van der Waals surface area contributed by atoms with Gasteiger partial charge in [0.05, 0.1) is 5.56 Å². The van der Waals surface area contributed by atoms with Crippen molar-refractivity contribution in [2.45, 2.75) is 12.5 Å². The van der Waals surface area contributed by atoms with Crippen LogP contribution in [0, 0.1) is 17.1 Å². The Hall–Kier alpha value is -3.89. The molecule has 2 aliphatic rings. The van der Waals surface area contributed by atoms with Crippen molar-refractivity contribution in [3.05, 3.63) is 71.5 Å². The first-order valence-corrected chi connectivity index (χ1v) is 10.8. The molecule has 0 saturated carbocycles. The highest BCUT2D eigenvalue weighted by atomic mass is 19.1. The molecule has 5 rings (SSSR count). The predicted octanol–water partition coefficient (Wildman–Crippen LogP) is 3.98. The third-order valence-corrected chi connectivity index (χ3v) is 6.03. The molecular weight excluding hydrogens is 421 g/mol. The molecule has 2 aliphatic heterocycles. The fourth-order valence-corrected chi connectivity index (χ4v) is 4.31. The summed E-state index contributed by atoms with van der Waals surface area (Å²) in [7, 11) is 0. The highest BCUT2D eigenvalue weighted by Crippen LogP contribution is 2.39. The van der Waals surface area contributed by atoms with E-state index in [1.807, 2.05) is 30.3 Å². The molecule has 6 nitrogen and oxygen atoms in total. The number of fused-ring (bicyclic) bond motifs is 1. The number of benzene rings is 3. The lowest BCUT2D eigenvalue weighted by Crippen LogP contribution is -2.31. The Kier molecular flexibility index (Phi) is 5.45. The summed E-state index contributed by atoms with van der Waals surface area (Å²) in [6, 6.07) is 17.4. The minimum atomic E-state index is -0.606. The van der Waals surface area contributed by atoms with E-state index in [2.05, 4.69) is 0 Å². The van der Waals surface area contributed by atoms with Gasteiger partial charge in [0.15, 0.2) is 11.5 Å². The van der Waals surface area contributed by atoms with Crippen molar-refractivity contribution < 1.29 is 18.7 Å². The van der Waals surface area contributed by atoms with Crippen LogP contribution in [-0.2, 0) is 0 Å². The molecular formula is C26H22FN3O3. The van der Waals surface area contributed by atoms with Gasteiger partial charge in [-0.2, -0.15) is 5.26 Å². The molecule has 1 fully saturated rings. The highest BCUT2D eigenvalue weighted by Gasteiger charge is 2.25. The largest absolute Gasteiger partial charge is 0.486 e. The first-order valence-electron chi connectivity index (χ1n) is 10.8. The molecule has 166 valence electrons. The van der Waals surface area contributed by atoms with Crippen molar-refractivity contribution in [3.63, 3.8) is 0 Å². The monoisotopic (exact) mass is 443 g/mol. The van der Waals surface area contributed by atoms with Gasteiger partial charge in [0, 0.05) is 24.7 Å². The summed E-state index contributed by atoms with van der Waals surface area (Å²) in [5.74, 6) is 0.604. The molecule has 7 heteroatoms. The van der Waals surface area contributed by atoms with Gasteiger partial charge in [0.2, 0.25) is 0 Å². The van der Waals surface area contributed by atoms with Crippen molar-refractivity contribution in [1.82, 2.24) is 4.90 Å². The van der Waals surface area contributed by atoms with E-state index in [0.29, 0.717) is 54.5 Å². The van der Waals surface area contributed by atoms with Crippen LogP contribution in [-0.4, -0.2) is 43.2 Å². The Morgan fingerprint density at radius 1 is 1.00 bits per heavy atom. The van der Waals surface area contributed by atoms with Crippen LogP contribution in [0.4, 0.5) is 4.39 Å². The first-order chi connectivity index (χ1) is 16.0. The fourth-order valence-electron chi connectivity index (χ4n) is 4.31. The third-order valence-electron chi connectivity index (χ3n) is 6.03. The maximum Gasteiger partial charge on any atom is 0.253 e. The topological polar surface area (TPSA) is 88.6 Å². The smallest absolute Gasteiger partial charge is 0.253 e. The van der Waals surface area contributed by atoms with Gasteiger partial charge >= 0.3 is 0 Å². The molecule has 3 aromatic carbocycles. The average molecular weight is 443 g/mol. The number of hydrogen-bond donors (Lipinski definition) is 1. The predicted molar refractivity (Wildman–Crippen MR) is 121 cm³/mol. The Labute approximate surface area is 190 Å². The summed E-state index contributed by atoms with van der Waals surface area (Å²) >= 11 is 0. The number of ether oxygens (including phenoxy) is 2. The maximum absolute atomic E-state index is 14.5. The zero-order valence-corrected chi connectivity index (χ0v) is 17.9. The zero-order chi connectivity index (χ0) is 22.9. The van der Waals surface area contributed by atoms with Crippen LogP contribution in [0.1, 0.15) is 22.3 Å². The number of hydrogen-bond acceptors (Lipinski definition) is 5. The second kappa shape index (κ2) is 8.57. The van der Waals surface area contributed by atoms with Crippen LogP contribution in [0.5, 0.6) is 11.5 Å². The van der Waals surface area contributed by atoms with Crippen LogP contribution in [0.15, 0.2) is 54.6 Å². The molecule has 1 saturated heterocycles. The fraction of sp³-hybridized carbons (Fsp3) is 0.231. The molecule has 0 unspecified atom stereocenters. The quantitative estimate of drug-likeness (QED) is 0.662. The normalized spacial score (nSPS) is 17.0. The number of carbonyl (C=O) groups is 1. The van der Waals surface area contributed by atoms with Crippen LogP contribution < -0.4 is 15.2 Å². The van der Waals surface area contributed by atoms with Crippen molar-refractivity contribution >= 4 is 5.91 Å². The Balaban J connectivity index is 1.62. The molecule has 2 heterocycles. The van der Waals surface area contributed by atoms with Gasteiger partial charge in [0.1, 0.15) is 25.1 Å². The summed E-state index contributed by atoms with van der Waals surface area (Å²) in [6.07, 6.45) is 0.773. The number of likely N-dealkylation sites (tertiary alicyclic amines) is 1. The Bertz CT molecular complexity index is 1280. The summed E-state index contributed by atoms with van der Waals surface area (Å²) in [5, 5.41) is 9.11. The standard InChI is InChI=1S/C26H22FN3O3/c27-23-12-16(1-2-19(23)14-28)22-11-18(26(31)30-8-7-20(29)15-30)3-5-21(22)17-4-6-24-25(13-17)33-10-9-32-24/h1-6,11-13,20H,7-10,15,29H2/t20-/m0/s1. The number of halogens is 1. The number of nitrogens with zero attached hydrogens (tertiary/aromatic N) is 2. The second-order valence-corrected chi connectivity index (χ2v) is 8.23. The van der Waals surface area contributed by atoms with E-state index >= 15 is 0 Å².